The molecule has 3 aromatic carbocycles. The minimum atomic E-state index is -4.74. The van der Waals surface area contributed by atoms with Crippen molar-refractivity contribution in [1.29, 1.82) is 0 Å². The van der Waals surface area contributed by atoms with Gasteiger partial charge in [-0.1, -0.05) is 15.9 Å². The molecule has 32 heavy (non-hydrogen) atoms. The molecule has 1 amide bonds. The van der Waals surface area contributed by atoms with Crippen molar-refractivity contribution in [3.8, 4) is 0 Å². The van der Waals surface area contributed by atoms with Gasteiger partial charge in [0.1, 0.15) is 5.82 Å². The summed E-state index contributed by atoms with van der Waals surface area (Å²) in [5.74, 6) is -1.23. The highest BCUT2D eigenvalue weighted by Gasteiger charge is 2.34. The Morgan fingerprint density at radius 3 is 2.44 bits per heavy atom. The fraction of sp³-hybridized carbons (Fsp3) is 0.0909. The lowest BCUT2D eigenvalue weighted by Gasteiger charge is -2.14. The molecule has 0 atom stereocenters. The van der Waals surface area contributed by atoms with Crippen LogP contribution in [0.2, 0.25) is 0 Å². The summed E-state index contributed by atoms with van der Waals surface area (Å²) in [6.45, 7) is 0. The van der Waals surface area contributed by atoms with Crippen LogP contribution in [0.3, 0.4) is 0 Å². The topological polar surface area (TPSA) is 59.0 Å². The Kier molecular flexibility index (Phi) is 5.64. The molecule has 0 spiro atoms. The van der Waals surface area contributed by atoms with Crippen LogP contribution < -0.4 is 10.6 Å². The van der Waals surface area contributed by atoms with Crippen molar-refractivity contribution in [1.82, 2.24) is 9.55 Å². The van der Waals surface area contributed by atoms with Crippen molar-refractivity contribution >= 4 is 50.2 Å². The molecule has 10 heteroatoms. The summed E-state index contributed by atoms with van der Waals surface area (Å²) >= 11 is 3.32. The highest BCUT2D eigenvalue weighted by atomic mass is 79.9. The Balaban J connectivity index is 1.64. The standard InChI is InChI=1S/C22H15BrF4N4O/c1-31-19-9-2-12(20(32)28-15-6-3-13(23)4-7-15)10-18(19)30-21(31)29-17-8-5-14(24)11-16(17)22(25,26)27/h2-11H,1H3,(H,28,32)(H,29,30). The first kappa shape index (κ1) is 21.8. The third-order valence-corrected chi connectivity index (χ3v) is 5.31. The predicted octanol–water partition coefficient (Wildman–Crippen LogP) is 6.49. The van der Waals surface area contributed by atoms with Gasteiger partial charge in [0.2, 0.25) is 5.95 Å². The van der Waals surface area contributed by atoms with Crippen molar-refractivity contribution in [3.63, 3.8) is 0 Å². The van der Waals surface area contributed by atoms with Gasteiger partial charge in [-0.25, -0.2) is 9.37 Å². The second-order valence-electron chi connectivity index (χ2n) is 6.97. The van der Waals surface area contributed by atoms with E-state index in [9.17, 15) is 22.4 Å². The number of aryl methyl sites for hydroxylation is 1. The third kappa shape index (κ3) is 4.45. The van der Waals surface area contributed by atoms with Gasteiger partial charge in [-0.15, -0.1) is 0 Å². The molecule has 0 aliphatic rings. The molecule has 5 nitrogen and oxygen atoms in total. The van der Waals surface area contributed by atoms with Crippen LogP contribution in [-0.2, 0) is 13.2 Å². The number of nitrogens with one attached hydrogen (secondary N) is 2. The fourth-order valence-corrected chi connectivity index (χ4v) is 3.43. The molecule has 2 N–H and O–H groups in total. The maximum Gasteiger partial charge on any atom is 0.418 e. The molecule has 164 valence electrons. The number of rotatable bonds is 4. The highest BCUT2D eigenvalue weighted by molar-refractivity contribution is 9.10. The molecule has 1 aromatic heterocycles. The smallest absolute Gasteiger partial charge is 0.325 e. The predicted molar refractivity (Wildman–Crippen MR) is 117 cm³/mol. The molecule has 0 saturated heterocycles. The minimum absolute atomic E-state index is 0.113. The van der Waals surface area contributed by atoms with Gasteiger partial charge in [0, 0.05) is 22.8 Å². The van der Waals surface area contributed by atoms with Gasteiger partial charge < -0.3 is 15.2 Å². The first-order valence-electron chi connectivity index (χ1n) is 9.29. The Labute approximate surface area is 188 Å². The number of anilines is 3. The lowest BCUT2D eigenvalue weighted by Crippen LogP contribution is -2.11. The van der Waals surface area contributed by atoms with E-state index in [0.717, 1.165) is 16.6 Å². The van der Waals surface area contributed by atoms with Crippen LogP contribution in [0.4, 0.5) is 34.9 Å². The lowest BCUT2D eigenvalue weighted by molar-refractivity contribution is -0.137. The van der Waals surface area contributed by atoms with Gasteiger partial charge in [0.15, 0.2) is 0 Å². The monoisotopic (exact) mass is 506 g/mol. The van der Waals surface area contributed by atoms with Gasteiger partial charge in [0.25, 0.3) is 5.91 Å². The van der Waals surface area contributed by atoms with Crippen LogP contribution in [-0.4, -0.2) is 15.5 Å². The summed E-state index contributed by atoms with van der Waals surface area (Å²) in [4.78, 5) is 16.9. The molecule has 0 aliphatic carbocycles. The van der Waals surface area contributed by atoms with E-state index in [1.165, 1.54) is 0 Å². The van der Waals surface area contributed by atoms with E-state index in [1.807, 2.05) is 0 Å². The first-order chi connectivity index (χ1) is 15.1. The molecule has 0 bridgehead atoms. The number of aromatic nitrogens is 2. The van der Waals surface area contributed by atoms with E-state index >= 15 is 0 Å². The number of fused-ring (bicyclic) bond motifs is 1. The molecular weight excluding hydrogens is 492 g/mol. The van der Waals surface area contributed by atoms with E-state index in [2.05, 4.69) is 31.5 Å². The molecule has 0 unspecified atom stereocenters. The van der Waals surface area contributed by atoms with E-state index in [4.69, 9.17) is 0 Å². The number of nitrogens with zero attached hydrogens (tertiary/aromatic N) is 2. The van der Waals surface area contributed by atoms with E-state index < -0.39 is 17.6 Å². The number of halogens is 5. The van der Waals surface area contributed by atoms with Crippen LogP contribution in [0, 0.1) is 5.82 Å². The quantitative estimate of drug-likeness (QED) is 0.311. The zero-order valence-electron chi connectivity index (χ0n) is 16.5. The Morgan fingerprint density at radius 2 is 1.75 bits per heavy atom. The normalized spacial score (nSPS) is 11.6. The molecule has 0 fully saturated rings. The summed E-state index contributed by atoms with van der Waals surface area (Å²) in [6, 6.07) is 14.2. The molecule has 0 radical (unpaired) electrons. The number of imidazole rings is 1. The van der Waals surface area contributed by atoms with Crippen LogP contribution >= 0.6 is 15.9 Å². The Bertz CT molecular complexity index is 1320. The summed E-state index contributed by atoms with van der Waals surface area (Å²) in [5.41, 5.74) is 0.489. The summed E-state index contributed by atoms with van der Waals surface area (Å²) < 4.78 is 55.7. The van der Waals surface area contributed by atoms with Gasteiger partial charge in [-0.05, 0) is 60.7 Å². The molecule has 0 aliphatic heterocycles. The van der Waals surface area contributed by atoms with Gasteiger partial charge in [0.05, 0.1) is 22.3 Å². The van der Waals surface area contributed by atoms with Crippen molar-refractivity contribution in [2.75, 3.05) is 10.6 Å². The number of carbonyl (C=O) groups excluding carboxylic acids is 1. The van der Waals surface area contributed by atoms with Crippen LogP contribution in [0.1, 0.15) is 15.9 Å². The number of hydrogen-bond donors (Lipinski definition) is 2. The van der Waals surface area contributed by atoms with Crippen molar-refractivity contribution in [2.24, 2.45) is 7.05 Å². The van der Waals surface area contributed by atoms with Crippen LogP contribution in [0.5, 0.6) is 0 Å². The maximum atomic E-state index is 13.4. The highest BCUT2D eigenvalue weighted by Crippen LogP contribution is 2.36. The molecule has 0 saturated carbocycles. The average molecular weight is 507 g/mol. The number of hydrogen-bond acceptors (Lipinski definition) is 3. The van der Waals surface area contributed by atoms with Crippen molar-refractivity contribution in [2.45, 2.75) is 6.18 Å². The number of carbonyl (C=O) groups is 1. The SMILES string of the molecule is Cn1c(Nc2ccc(F)cc2C(F)(F)F)nc2cc(C(=O)Nc3ccc(Br)cc3)ccc21. The Hall–Kier alpha value is -3.40. The number of amides is 1. The van der Waals surface area contributed by atoms with Gasteiger partial charge >= 0.3 is 6.18 Å². The minimum Gasteiger partial charge on any atom is -0.325 e. The summed E-state index contributed by atoms with van der Waals surface area (Å²) in [5, 5.41) is 5.39. The zero-order chi connectivity index (χ0) is 23.0. The maximum absolute atomic E-state index is 13.4. The second kappa shape index (κ2) is 8.27. The van der Waals surface area contributed by atoms with Crippen LogP contribution in [0.15, 0.2) is 65.1 Å². The van der Waals surface area contributed by atoms with Gasteiger partial charge in [-0.3, -0.25) is 4.79 Å². The van der Waals surface area contributed by atoms with Crippen molar-refractivity contribution < 1.29 is 22.4 Å². The zero-order valence-corrected chi connectivity index (χ0v) is 18.1. The second-order valence-corrected chi connectivity index (χ2v) is 7.89. The fourth-order valence-electron chi connectivity index (χ4n) is 3.17. The molecule has 4 aromatic rings. The van der Waals surface area contributed by atoms with E-state index in [0.29, 0.717) is 28.4 Å². The van der Waals surface area contributed by atoms with Gasteiger partial charge in [-0.2, -0.15) is 13.2 Å². The Morgan fingerprint density at radius 1 is 1.03 bits per heavy atom. The third-order valence-electron chi connectivity index (χ3n) is 4.78. The molecule has 4 rings (SSSR count). The van der Waals surface area contributed by atoms with Crippen LogP contribution in [0.25, 0.3) is 11.0 Å². The van der Waals surface area contributed by atoms with E-state index in [1.54, 1.807) is 54.1 Å². The summed E-state index contributed by atoms with van der Waals surface area (Å²) in [7, 11) is 1.62. The van der Waals surface area contributed by atoms with E-state index in [-0.39, 0.29) is 17.5 Å². The molecular formula is C22H15BrF4N4O. The molecule has 1 heterocycles. The average Bonchev–Trinajstić information content (AvgIpc) is 3.05. The lowest BCUT2D eigenvalue weighted by atomic mass is 10.1. The summed E-state index contributed by atoms with van der Waals surface area (Å²) in [6.07, 6.45) is -4.74. The largest absolute Gasteiger partial charge is 0.418 e. The first-order valence-corrected chi connectivity index (χ1v) is 10.1. The number of alkyl halides is 3. The van der Waals surface area contributed by atoms with Crippen molar-refractivity contribution in [3.05, 3.63) is 82.1 Å². The number of benzene rings is 3.